The van der Waals surface area contributed by atoms with Crippen LogP contribution in [0.1, 0.15) is 13.8 Å². The van der Waals surface area contributed by atoms with Gasteiger partial charge in [-0.25, -0.2) is 4.79 Å². The third kappa shape index (κ3) is 3.74. The predicted molar refractivity (Wildman–Crippen MR) is 95.2 cm³/mol. The molecule has 6 nitrogen and oxygen atoms in total. The highest BCUT2D eigenvalue weighted by Gasteiger charge is 2.16. The van der Waals surface area contributed by atoms with Gasteiger partial charge in [0.1, 0.15) is 11.3 Å². The molecule has 1 aromatic heterocycles. The molecule has 0 radical (unpaired) electrons. The number of benzene rings is 2. The monoisotopic (exact) mass is 340 g/mol. The molecule has 0 aliphatic rings. The fourth-order valence-corrected chi connectivity index (χ4v) is 2.37. The van der Waals surface area contributed by atoms with E-state index in [1.807, 2.05) is 48.3 Å². The fraction of sp³-hybridized carbons (Fsp3) is 0.263. The van der Waals surface area contributed by atoms with Gasteiger partial charge in [0.15, 0.2) is 11.7 Å². The van der Waals surface area contributed by atoms with Crippen LogP contribution in [0.2, 0.25) is 0 Å². The van der Waals surface area contributed by atoms with Crippen molar-refractivity contribution >= 4 is 28.8 Å². The molecule has 0 amide bonds. The SMILES string of the molecule is CCOC(=O)C(C)Oc1ccc(N(C)c2nc3ccccc3o2)cc1. The van der Waals surface area contributed by atoms with Gasteiger partial charge in [-0.15, -0.1) is 0 Å². The van der Waals surface area contributed by atoms with Crippen molar-refractivity contribution in [2.75, 3.05) is 18.6 Å². The molecule has 0 saturated carbocycles. The van der Waals surface area contributed by atoms with Gasteiger partial charge in [-0.05, 0) is 50.2 Å². The van der Waals surface area contributed by atoms with Gasteiger partial charge < -0.3 is 13.9 Å². The van der Waals surface area contributed by atoms with Crippen LogP contribution < -0.4 is 9.64 Å². The number of ether oxygens (including phenoxy) is 2. The zero-order chi connectivity index (χ0) is 17.8. The smallest absolute Gasteiger partial charge is 0.347 e. The Hall–Kier alpha value is -3.02. The Bertz CT molecular complexity index is 824. The first-order chi connectivity index (χ1) is 12.1. The molecule has 1 unspecified atom stereocenters. The Kier molecular flexibility index (Phi) is 4.88. The van der Waals surface area contributed by atoms with Crippen molar-refractivity contribution in [3.63, 3.8) is 0 Å². The molecule has 25 heavy (non-hydrogen) atoms. The van der Waals surface area contributed by atoms with Crippen molar-refractivity contribution < 1.29 is 18.7 Å². The summed E-state index contributed by atoms with van der Waals surface area (Å²) in [6.07, 6.45) is -0.652. The molecular weight excluding hydrogens is 320 g/mol. The van der Waals surface area contributed by atoms with Gasteiger partial charge in [-0.1, -0.05) is 12.1 Å². The van der Waals surface area contributed by atoms with Crippen LogP contribution in [0.25, 0.3) is 11.1 Å². The number of oxazole rings is 1. The van der Waals surface area contributed by atoms with E-state index in [9.17, 15) is 4.79 Å². The van der Waals surface area contributed by atoms with E-state index in [0.29, 0.717) is 18.4 Å². The second-order valence-corrected chi connectivity index (χ2v) is 5.53. The summed E-state index contributed by atoms with van der Waals surface area (Å²) in [4.78, 5) is 17.9. The lowest BCUT2D eigenvalue weighted by molar-refractivity contribution is -0.150. The van der Waals surface area contributed by atoms with Crippen LogP contribution >= 0.6 is 0 Å². The standard InChI is InChI=1S/C19H20N2O4/c1-4-23-18(22)13(2)24-15-11-9-14(10-12-15)21(3)19-20-16-7-5-6-8-17(16)25-19/h5-13H,4H2,1-3H3. The van der Waals surface area contributed by atoms with Crippen LogP contribution in [0.4, 0.5) is 11.7 Å². The van der Waals surface area contributed by atoms with E-state index >= 15 is 0 Å². The normalized spacial score (nSPS) is 12.0. The van der Waals surface area contributed by atoms with Gasteiger partial charge in [-0.3, -0.25) is 4.90 Å². The van der Waals surface area contributed by atoms with Crippen molar-refractivity contribution in [2.45, 2.75) is 20.0 Å². The van der Waals surface area contributed by atoms with Gasteiger partial charge in [-0.2, -0.15) is 4.98 Å². The molecule has 3 aromatic rings. The maximum absolute atomic E-state index is 11.6. The van der Waals surface area contributed by atoms with Crippen LogP contribution in [0.5, 0.6) is 5.75 Å². The molecule has 0 aliphatic carbocycles. The largest absolute Gasteiger partial charge is 0.479 e. The number of nitrogens with zero attached hydrogens (tertiary/aromatic N) is 2. The summed E-state index contributed by atoms with van der Waals surface area (Å²) in [5.74, 6) is 0.213. The number of rotatable bonds is 6. The topological polar surface area (TPSA) is 64.8 Å². The minimum absolute atomic E-state index is 0.334. The van der Waals surface area contributed by atoms with Crippen molar-refractivity contribution in [3.8, 4) is 5.75 Å². The van der Waals surface area contributed by atoms with Crippen molar-refractivity contribution in [3.05, 3.63) is 48.5 Å². The number of aromatic nitrogens is 1. The van der Waals surface area contributed by atoms with Gasteiger partial charge in [0, 0.05) is 12.7 Å². The quantitative estimate of drug-likeness (QED) is 0.634. The minimum atomic E-state index is -0.652. The average molecular weight is 340 g/mol. The Labute approximate surface area is 146 Å². The minimum Gasteiger partial charge on any atom is -0.479 e. The molecule has 0 N–H and O–H groups in total. The summed E-state index contributed by atoms with van der Waals surface area (Å²) in [7, 11) is 1.88. The van der Waals surface area contributed by atoms with Gasteiger partial charge in [0.2, 0.25) is 0 Å². The summed E-state index contributed by atoms with van der Waals surface area (Å²) in [5, 5.41) is 0. The number of hydrogen-bond acceptors (Lipinski definition) is 6. The molecule has 1 atom stereocenters. The first kappa shape index (κ1) is 16.8. The van der Waals surface area contributed by atoms with Crippen LogP contribution in [0.15, 0.2) is 52.9 Å². The van der Waals surface area contributed by atoms with E-state index in [1.165, 1.54) is 0 Å². The third-order valence-corrected chi connectivity index (χ3v) is 3.72. The number of esters is 1. The lowest BCUT2D eigenvalue weighted by Gasteiger charge is -2.16. The molecule has 0 aliphatic heterocycles. The second kappa shape index (κ2) is 7.25. The number of hydrogen-bond donors (Lipinski definition) is 0. The Morgan fingerprint density at radius 1 is 1.20 bits per heavy atom. The summed E-state index contributed by atoms with van der Waals surface area (Å²) >= 11 is 0. The first-order valence-electron chi connectivity index (χ1n) is 8.11. The van der Waals surface area contributed by atoms with E-state index < -0.39 is 6.10 Å². The summed E-state index contributed by atoms with van der Waals surface area (Å²) in [6.45, 7) is 3.76. The maximum Gasteiger partial charge on any atom is 0.347 e. The highest BCUT2D eigenvalue weighted by molar-refractivity contribution is 5.76. The highest BCUT2D eigenvalue weighted by atomic mass is 16.6. The third-order valence-electron chi connectivity index (χ3n) is 3.72. The van der Waals surface area contributed by atoms with E-state index in [1.54, 1.807) is 26.0 Å². The zero-order valence-corrected chi connectivity index (χ0v) is 14.4. The Balaban J connectivity index is 1.72. The molecule has 1 heterocycles. The number of fused-ring (bicyclic) bond motifs is 1. The summed E-state index contributed by atoms with van der Waals surface area (Å²) in [6, 6.07) is 15.5. The number of para-hydroxylation sites is 2. The molecule has 0 saturated heterocycles. The van der Waals surface area contributed by atoms with E-state index in [4.69, 9.17) is 13.9 Å². The second-order valence-electron chi connectivity index (χ2n) is 5.53. The molecule has 6 heteroatoms. The van der Waals surface area contributed by atoms with Crippen LogP contribution in [-0.2, 0) is 9.53 Å². The molecule has 0 bridgehead atoms. The van der Waals surface area contributed by atoms with Crippen LogP contribution in [0, 0.1) is 0 Å². The lowest BCUT2D eigenvalue weighted by atomic mass is 10.3. The molecule has 130 valence electrons. The zero-order valence-electron chi connectivity index (χ0n) is 14.4. The van der Waals surface area contributed by atoms with Crippen molar-refractivity contribution in [2.24, 2.45) is 0 Å². The van der Waals surface area contributed by atoms with Gasteiger partial charge >= 0.3 is 12.0 Å². The van der Waals surface area contributed by atoms with Crippen molar-refractivity contribution in [1.29, 1.82) is 0 Å². The molecule has 0 spiro atoms. The average Bonchev–Trinajstić information content (AvgIpc) is 3.06. The summed E-state index contributed by atoms with van der Waals surface area (Å²) < 4.78 is 16.3. The Morgan fingerprint density at radius 3 is 2.60 bits per heavy atom. The fourth-order valence-electron chi connectivity index (χ4n) is 2.37. The summed E-state index contributed by atoms with van der Waals surface area (Å²) in [5.41, 5.74) is 2.45. The van der Waals surface area contributed by atoms with Crippen molar-refractivity contribution in [1.82, 2.24) is 4.98 Å². The van der Waals surface area contributed by atoms with E-state index in [-0.39, 0.29) is 5.97 Å². The van der Waals surface area contributed by atoms with Crippen LogP contribution in [0.3, 0.4) is 0 Å². The number of anilines is 2. The maximum atomic E-state index is 11.6. The van der Waals surface area contributed by atoms with Gasteiger partial charge in [0.05, 0.1) is 6.61 Å². The van der Waals surface area contributed by atoms with Crippen LogP contribution in [-0.4, -0.2) is 30.7 Å². The predicted octanol–water partition coefficient (Wildman–Crippen LogP) is 3.93. The molecular formula is C19H20N2O4. The number of carbonyl (C=O) groups is 1. The first-order valence-corrected chi connectivity index (χ1v) is 8.11. The number of carbonyl (C=O) groups excluding carboxylic acids is 1. The highest BCUT2D eigenvalue weighted by Crippen LogP contribution is 2.28. The van der Waals surface area contributed by atoms with E-state index in [2.05, 4.69) is 4.98 Å². The lowest BCUT2D eigenvalue weighted by Crippen LogP contribution is -2.26. The molecule has 2 aromatic carbocycles. The molecule has 0 fully saturated rings. The van der Waals surface area contributed by atoms with E-state index in [0.717, 1.165) is 16.8 Å². The van der Waals surface area contributed by atoms with Gasteiger partial charge in [0.25, 0.3) is 0 Å². The molecule has 3 rings (SSSR count). The Morgan fingerprint density at radius 2 is 1.92 bits per heavy atom.